The van der Waals surface area contributed by atoms with Gasteiger partial charge < -0.3 is 10.1 Å². The highest BCUT2D eigenvalue weighted by Crippen LogP contribution is 2.18. The molecule has 0 fully saturated rings. The number of fused-ring (bicyclic) bond motifs is 1. The molecule has 1 heterocycles. The standard InChI is InChI=1S/C8H5F2N.C3H6O2/c9-6-1-2-7-5(8(6)10)3-4-11-7;1-2-3(4)5/h1-4,11H;2H2,1H3,(H,4,5). The first-order valence-electron chi connectivity index (χ1n) is 4.69. The Morgan fingerprint density at radius 1 is 1.38 bits per heavy atom. The average Bonchev–Trinajstić information content (AvgIpc) is 2.73. The van der Waals surface area contributed by atoms with Crippen LogP contribution >= 0.6 is 0 Å². The van der Waals surface area contributed by atoms with E-state index in [1.54, 1.807) is 13.1 Å². The molecule has 0 aliphatic rings. The fourth-order valence-corrected chi connectivity index (χ4v) is 1.07. The molecule has 5 heteroatoms. The van der Waals surface area contributed by atoms with Gasteiger partial charge in [0.2, 0.25) is 0 Å². The molecule has 1 aromatic carbocycles. The molecular formula is C11H11F2NO2. The Morgan fingerprint density at radius 2 is 2.00 bits per heavy atom. The second kappa shape index (κ2) is 5.25. The van der Waals surface area contributed by atoms with Crippen molar-refractivity contribution in [2.75, 3.05) is 0 Å². The Morgan fingerprint density at radius 3 is 2.56 bits per heavy atom. The molecule has 0 bridgehead atoms. The highest BCUT2D eigenvalue weighted by atomic mass is 19.2. The van der Waals surface area contributed by atoms with Crippen LogP contribution in [-0.2, 0) is 4.79 Å². The molecule has 0 aliphatic carbocycles. The highest BCUT2D eigenvalue weighted by molar-refractivity contribution is 5.79. The lowest BCUT2D eigenvalue weighted by atomic mass is 10.2. The monoisotopic (exact) mass is 227 g/mol. The Labute approximate surface area is 90.7 Å². The zero-order chi connectivity index (χ0) is 12.1. The van der Waals surface area contributed by atoms with Crippen molar-refractivity contribution in [1.29, 1.82) is 0 Å². The van der Waals surface area contributed by atoms with Crippen molar-refractivity contribution in [2.24, 2.45) is 0 Å². The third-order valence-electron chi connectivity index (χ3n) is 1.92. The second-order valence-corrected chi connectivity index (χ2v) is 3.05. The van der Waals surface area contributed by atoms with Crippen LogP contribution in [0.4, 0.5) is 8.78 Å². The van der Waals surface area contributed by atoms with Crippen molar-refractivity contribution in [3.8, 4) is 0 Å². The van der Waals surface area contributed by atoms with Gasteiger partial charge in [0.1, 0.15) is 0 Å². The molecule has 0 atom stereocenters. The van der Waals surface area contributed by atoms with Gasteiger partial charge in [-0.3, -0.25) is 4.79 Å². The van der Waals surface area contributed by atoms with Crippen LogP contribution in [0.5, 0.6) is 0 Å². The lowest BCUT2D eigenvalue weighted by Gasteiger charge is -1.92. The number of nitrogens with one attached hydrogen (secondary N) is 1. The predicted octanol–water partition coefficient (Wildman–Crippen LogP) is 2.93. The van der Waals surface area contributed by atoms with Crippen molar-refractivity contribution in [1.82, 2.24) is 4.98 Å². The van der Waals surface area contributed by atoms with Gasteiger partial charge in [-0.05, 0) is 18.2 Å². The summed E-state index contributed by atoms with van der Waals surface area (Å²) >= 11 is 0. The third-order valence-corrected chi connectivity index (χ3v) is 1.92. The molecule has 2 N–H and O–H groups in total. The third kappa shape index (κ3) is 2.79. The summed E-state index contributed by atoms with van der Waals surface area (Å²) in [4.78, 5) is 12.1. The van der Waals surface area contributed by atoms with Crippen molar-refractivity contribution in [2.45, 2.75) is 13.3 Å². The number of aromatic nitrogens is 1. The van der Waals surface area contributed by atoms with E-state index in [-0.39, 0.29) is 6.42 Å². The number of carboxylic acids is 1. The highest BCUT2D eigenvalue weighted by Gasteiger charge is 2.05. The molecule has 0 spiro atoms. The number of H-pyrrole nitrogens is 1. The van der Waals surface area contributed by atoms with Crippen molar-refractivity contribution >= 4 is 16.9 Å². The molecule has 0 aliphatic heterocycles. The van der Waals surface area contributed by atoms with E-state index in [1.165, 1.54) is 12.1 Å². The van der Waals surface area contributed by atoms with Gasteiger partial charge in [0.05, 0.1) is 0 Å². The summed E-state index contributed by atoms with van der Waals surface area (Å²) in [5.41, 5.74) is 0.615. The van der Waals surface area contributed by atoms with Crippen molar-refractivity contribution in [3.63, 3.8) is 0 Å². The number of aliphatic carboxylic acids is 1. The Balaban J connectivity index is 0.000000221. The van der Waals surface area contributed by atoms with Gasteiger partial charge in [-0.1, -0.05) is 6.92 Å². The zero-order valence-corrected chi connectivity index (χ0v) is 8.63. The van der Waals surface area contributed by atoms with Crippen LogP contribution in [-0.4, -0.2) is 16.1 Å². The summed E-state index contributed by atoms with van der Waals surface area (Å²) in [7, 11) is 0. The number of benzene rings is 1. The van der Waals surface area contributed by atoms with Crippen LogP contribution < -0.4 is 0 Å². The zero-order valence-electron chi connectivity index (χ0n) is 8.63. The first-order chi connectivity index (χ1) is 7.56. The van der Waals surface area contributed by atoms with E-state index in [2.05, 4.69) is 4.98 Å². The molecule has 0 saturated carbocycles. The van der Waals surface area contributed by atoms with Gasteiger partial charge in [-0.15, -0.1) is 0 Å². The molecule has 0 unspecified atom stereocenters. The fourth-order valence-electron chi connectivity index (χ4n) is 1.07. The first kappa shape index (κ1) is 12.2. The summed E-state index contributed by atoms with van der Waals surface area (Å²) in [6.45, 7) is 1.60. The van der Waals surface area contributed by atoms with E-state index in [0.29, 0.717) is 10.9 Å². The second-order valence-electron chi connectivity index (χ2n) is 3.05. The molecule has 3 nitrogen and oxygen atoms in total. The normalized spacial score (nSPS) is 9.69. The summed E-state index contributed by atoms with van der Waals surface area (Å²) < 4.78 is 25.4. The van der Waals surface area contributed by atoms with Gasteiger partial charge in [0.15, 0.2) is 11.6 Å². The quantitative estimate of drug-likeness (QED) is 0.786. The number of aromatic amines is 1. The van der Waals surface area contributed by atoms with Crippen molar-refractivity contribution in [3.05, 3.63) is 36.0 Å². The minimum absolute atomic E-state index is 0.222. The molecule has 86 valence electrons. The van der Waals surface area contributed by atoms with Crippen molar-refractivity contribution < 1.29 is 18.7 Å². The number of hydrogen-bond acceptors (Lipinski definition) is 1. The van der Waals surface area contributed by atoms with E-state index in [4.69, 9.17) is 5.11 Å². The number of halogens is 2. The van der Waals surface area contributed by atoms with Gasteiger partial charge >= 0.3 is 5.97 Å². The van der Waals surface area contributed by atoms with E-state index < -0.39 is 17.6 Å². The molecule has 0 amide bonds. The number of carbonyl (C=O) groups is 1. The SMILES string of the molecule is CCC(=O)O.Fc1ccc2[nH]ccc2c1F. The topological polar surface area (TPSA) is 53.1 Å². The first-order valence-corrected chi connectivity index (χ1v) is 4.69. The maximum absolute atomic E-state index is 12.8. The Kier molecular flexibility index (Phi) is 3.99. The number of carboxylic acid groups (broad SMARTS) is 1. The van der Waals surface area contributed by atoms with Gasteiger partial charge in [-0.25, -0.2) is 8.78 Å². The Hall–Kier alpha value is -1.91. The summed E-state index contributed by atoms with van der Waals surface area (Å²) in [5, 5.41) is 8.02. The fraction of sp³-hybridized carbons (Fsp3) is 0.182. The summed E-state index contributed by atoms with van der Waals surface area (Å²) in [6.07, 6.45) is 1.80. The van der Waals surface area contributed by atoms with Crippen LogP contribution in [0.15, 0.2) is 24.4 Å². The van der Waals surface area contributed by atoms with E-state index in [0.717, 1.165) is 6.07 Å². The minimum Gasteiger partial charge on any atom is -0.481 e. The smallest absolute Gasteiger partial charge is 0.303 e. The molecule has 2 aromatic rings. The van der Waals surface area contributed by atoms with Gasteiger partial charge in [-0.2, -0.15) is 0 Å². The van der Waals surface area contributed by atoms with E-state index >= 15 is 0 Å². The molecule has 2 rings (SSSR count). The largest absolute Gasteiger partial charge is 0.481 e. The summed E-state index contributed by atoms with van der Waals surface area (Å²) in [6, 6.07) is 4.12. The van der Waals surface area contributed by atoms with Crippen LogP contribution in [0.25, 0.3) is 10.9 Å². The summed E-state index contributed by atoms with van der Waals surface area (Å²) in [5.74, 6) is -2.34. The number of rotatable bonds is 1. The maximum atomic E-state index is 12.8. The molecule has 1 aromatic heterocycles. The van der Waals surface area contributed by atoms with Gasteiger partial charge in [0, 0.05) is 23.5 Å². The molecule has 0 saturated heterocycles. The van der Waals surface area contributed by atoms with Crippen LogP contribution in [0, 0.1) is 11.6 Å². The lowest BCUT2D eigenvalue weighted by molar-refractivity contribution is -0.136. The number of hydrogen-bond donors (Lipinski definition) is 2. The maximum Gasteiger partial charge on any atom is 0.303 e. The van der Waals surface area contributed by atoms with Crippen LogP contribution in [0.1, 0.15) is 13.3 Å². The lowest BCUT2D eigenvalue weighted by Crippen LogP contribution is -1.86. The van der Waals surface area contributed by atoms with Gasteiger partial charge in [0.25, 0.3) is 0 Å². The van der Waals surface area contributed by atoms with Crippen LogP contribution in [0.3, 0.4) is 0 Å². The predicted molar refractivity (Wildman–Crippen MR) is 56.1 cm³/mol. The molecular weight excluding hydrogens is 216 g/mol. The van der Waals surface area contributed by atoms with E-state index in [9.17, 15) is 13.6 Å². The Bertz CT molecular complexity index is 494. The average molecular weight is 227 g/mol. The van der Waals surface area contributed by atoms with Crippen LogP contribution in [0.2, 0.25) is 0 Å². The minimum atomic E-state index is -0.808. The molecule has 0 radical (unpaired) electrons. The molecule has 16 heavy (non-hydrogen) atoms. The van der Waals surface area contributed by atoms with E-state index in [1.807, 2.05) is 0 Å².